The number of amides is 1. The molecule has 18 heavy (non-hydrogen) atoms. The molecule has 2 heterocycles. The Hall–Kier alpha value is -0.610. The average Bonchev–Trinajstić information content (AvgIpc) is 3.07. The van der Waals surface area contributed by atoms with Gasteiger partial charge in [0.05, 0.1) is 0 Å². The summed E-state index contributed by atoms with van der Waals surface area (Å²) in [6.45, 7) is 2.16. The van der Waals surface area contributed by atoms with E-state index < -0.39 is 0 Å². The Kier molecular flexibility index (Phi) is 3.85. The van der Waals surface area contributed by atoms with Gasteiger partial charge in [0.25, 0.3) is 0 Å². The largest absolute Gasteiger partial charge is 0.352 e. The van der Waals surface area contributed by atoms with Gasteiger partial charge in [0, 0.05) is 31.1 Å². The second-order valence-corrected chi connectivity index (χ2v) is 6.12. The van der Waals surface area contributed by atoms with Crippen LogP contribution in [0.25, 0.3) is 0 Å². The molecule has 3 N–H and O–H groups in total. The monoisotopic (exact) mass is 251 g/mol. The molecule has 1 amide bonds. The van der Waals surface area contributed by atoms with E-state index >= 15 is 0 Å². The van der Waals surface area contributed by atoms with Crippen molar-refractivity contribution in [2.24, 2.45) is 5.92 Å². The van der Waals surface area contributed by atoms with E-state index in [2.05, 4.69) is 16.0 Å². The van der Waals surface area contributed by atoms with Gasteiger partial charge in [0.1, 0.15) is 0 Å². The molecular formula is C14H25N3O. The van der Waals surface area contributed by atoms with Crippen LogP contribution in [0.5, 0.6) is 0 Å². The van der Waals surface area contributed by atoms with Gasteiger partial charge in [0.2, 0.25) is 5.91 Å². The molecule has 0 aromatic rings. The molecule has 3 aliphatic rings. The van der Waals surface area contributed by atoms with Crippen LogP contribution in [0.2, 0.25) is 0 Å². The Labute approximate surface area is 109 Å². The summed E-state index contributed by atoms with van der Waals surface area (Å²) >= 11 is 0. The van der Waals surface area contributed by atoms with Gasteiger partial charge >= 0.3 is 0 Å². The normalized spacial score (nSPS) is 40.3. The highest BCUT2D eigenvalue weighted by Crippen LogP contribution is 2.31. The molecular weight excluding hydrogens is 226 g/mol. The van der Waals surface area contributed by atoms with Gasteiger partial charge in [-0.3, -0.25) is 4.79 Å². The van der Waals surface area contributed by atoms with Crippen LogP contribution >= 0.6 is 0 Å². The summed E-state index contributed by atoms with van der Waals surface area (Å²) in [5, 5.41) is 10.4. The first-order valence-electron chi connectivity index (χ1n) is 7.59. The number of hydrogen-bond donors (Lipinski definition) is 3. The molecule has 4 unspecified atom stereocenters. The maximum Gasteiger partial charge on any atom is 0.220 e. The van der Waals surface area contributed by atoms with Crippen molar-refractivity contribution >= 4 is 5.91 Å². The predicted octanol–water partition coefficient (Wildman–Crippen LogP) is 0.775. The van der Waals surface area contributed by atoms with Crippen LogP contribution in [-0.4, -0.2) is 37.1 Å². The van der Waals surface area contributed by atoms with E-state index in [9.17, 15) is 4.79 Å². The van der Waals surface area contributed by atoms with Crippen LogP contribution < -0.4 is 16.0 Å². The molecule has 3 fully saturated rings. The summed E-state index contributed by atoms with van der Waals surface area (Å²) in [6, 6.07) is 1.77. The van der Waals surface area contributed by atoms with Crippen LogP contribution in [0.3, 0.4) is 0 Å². The Balaban J connectivity index is 1.47. The molecule has 0 spiro atoms. The highest BCUT2D eigenvalue weighted by Gasteiger charge is 2.35. The average molecular weight is 251 g/mol. The van der Waals surface area contributed by atoms with Gasteiger partial charge in [-0.2, -0.15) is 0 Å². The molecule has 3 rings (SSSR count). The number of carbonyl (C=O) groups excluding carboxylic acids is 1. The molecule has 0 aromatic carbocycles. The fraction of sp³-hybridized carbons (Fsp3) is 0.929. The standard InChI is InChI=1S/C14H25N3O/c18-14-7-6-10(17-14)9-16-13-4-1-3-11(13)12-5-2-8-15-12/h10-13,15-16H,1-9H2,(H,17,18). The summed E-state index contributed by atoms with van der Waals surface area (Å²) in [6.07, 6.45) is 8.44. The first kappa shape index (κ1) is 12.4. The van der Waals surface area contributed by atoms with Crippen molar-refractivity contribution in [3.05, 3.63) is 0 Å². The fourth-order valence-electron chi connectivity index (χ4n) is 3.92. The fourth-order valence-corrected chi connectivity index (χ4v) is 3.92. The first-order chi connectivity index (χ1) is 8.83. The van der Waals surface area contributed by atoms with Crippen LogP contribution in [0, 0.1) is 5.92 Å². The van der Waals surface area contributed by atoms with Gasteiger partial charge in [-0.05, 0) is 44.6 Å². The Morgan fingerprint density at radius 1 is 1.17 bits per heavy atom. The molecule has 102 valence electrons. The Morgan fingerprint density at radius 2 is 2.11 bits per heavy atom. The topological polar surface area (TPSA) is 53.2 Å². The second-order valence-electron chi connectivity index (χ2n) is 6.12. The third kappa shape index (κ3) is 2.69. The molecule has 2 aliphatic heterocycles. The SMILES string of the molecule is O=C1CCC(CNC2CCCC2C2CCCN2)N1. The molecule has 4 nitrogen and oxygen atoms in total. The second kappa shape index (κ2) is 5.57. The minimum Gasteiger partial charge on any atom is -0.352 e. The van der Waals surface area contributed by atoms with Crippen molar-refractivity contribution < 1.29 is 4.79 Å². The predicted molar refractivity (Wildman–Crippen MR) is 71.3 cm³/mol. The molecule has 0 bridgehead atoms. The molecule has 0 radical (unpaired) electrons. The van der Waals surface area contributed by atoms with Gasteiger partial charge in [0.15, 0.2) is 0 Å². The van der Waals surface area contributed by atoms with E-state index in [1.54, 1.807) is 0 Å². The van der Waals surface area contributed by atoms with Gasteiger partial charge in [-0.25, -0.2) is 0 Å². The zero-order valence-electron chi connectivity index (χ0n) is 11.1. The van der Waals surface area contributed by atoms with E-state index in [4.69, 9.17) is 0 Å². The first-order valence-corrected chi connectivity index (χ1v) is 7.59. The van der Waals surface area contributed by atoms with Gasteiger partial charge < -0.3 is 16.0 Å². The highest BCUT2D eigenvalue weighted by molar-refractivity contribution is 5.78. The van der Waals surface area contributed by atoms with Crippen molar-refractivity contribution in [2.45, 2.75) is 63.1 Å². The molecule has 0 aromatic heterocycles. The third-order valence-electron chi connectivity index (χ3n) is 4.90. The summed E-state index contributed by atoms with van der Waals surface area (Å²) in [5.41, 5.74) is 0. The summed E-state index contributed by atoms with van der Waals surface area (Å²) in [7, 11) is 0. The minimum atomic E-state index is 0.224. The molecule has 2 saturated heterocycles. The summed E-state index contributed by atoms with van der Waals surface area (Å²) in [5.74, 6) is 1.03. The Morgan fingerprint density at radius 3 is 2.83 bits per heavy atom. The van der Waals surface area contributed by atoms with Crippen molar-refractivity contribution in [2.75, 3.05) is 13.1 Å². The number of hydrogen-bond acceptors (Lipinski definition) is 3. The van der Waals surface area contributed by atoms with Crippen LogP contribution in [0.15, 0.2) is 0 Å². The Bertz CT molecular complexity index is 301. The molecule has 1 aliphatic carbocycles. The lowest BCUT2D eigenvalue weighted by molar-refractivity contribution is -0.119. The zero-order chi connectivity index (χ0) is 12.4. The van der Waals surface area contributed by atoms with E-state index in [-0.39, 0.29) is 5.91 Å². The minimum absolute atomic E-state index is 0.224. The smallest absolute Gasteiger partial charge is 0.220 e. The highest BCUT2D eigenvalue weighted by atomic mass is 16.1. The van der Waals surface area contributed by atoms with Crippen molar-refractivity contribution in [3.63, 3.8) is 0 Å². The van der Waals surface area contributed by atoms with E-state index in [0.717, 1.165) is 24.9 Å². The summed E-state index contributed by atoms with van der Waals surface area (Å²) < 4.78 is 0. The van der Waals surface area contributed by atoms with Crippen LogP contribution in [0.1, 0.15) is 44.9 Å². The lowest BCUT2D eigenvalue weighted by Crippen LogP contribution is -2.46. The van der Waals surface area contributed by atoms with E-state index in [1.807, 2.05) is 0 Å². The molecule has 1 saturated carbocycles. The zero-order valence-corrected chi connectivity index (χ0v) is 11.1. The number of carbonyl (C=O) groups is 1. The lowest BCUT2D eigenvalue weighted by atomic mass is 9.93. The van der Waals surface area contributed by atoms with Gasteiger partial charge in [-0.1, -0.05) is 6.42 Å². The van der Waals surface area contributed by atoms with Crippen molar-refractivity contribution in [1.82, 2.24) is 16.0 Å². The van der Waals surface area contributed by atoms with Gasteiger partial charge in [-0.15, -0.1) is 0 Å². The van der Waals surface area contributed by atoms with E-state index in [1.165, 1.54) is 38.6 Å². The maximum atomic E-state index is 11.2. The lowest BCUT2D eigenvalue weighted by Gasteiger charge is -2.27. The van der Waals surface area contributed by atoms with Crippen molar-refractivity contribution in [3.8, 4) is 0 Å². The van der Waals surface area contributed by atoms with Crippen LogP contribution in [-0.2, 0) is 4.79 Å². The van der Waals surface area contributed by atoms with E-state index in [0.29, 0.717) is 18.5 Å². The van der Waals surface area contributed by atoms with Crippen LogP contribution in [0.4, 0.5) is 0 Å². The number of rotatable bonds is 4. The molecule has 4 atom stereocenters. The maximum absolute atomic E-state index is 11.2. The molecule has 4 heteroatoms. The quantitative estimate of drug-likeness (QED) is 0.692. The number of nitrogens with one attached hydrogen (secondary N) is 3. The third-order valence-corrected chi connectivity index (χ3v) is 4.90. The van der Waals surface area contributed by atoms with Crippen molar-refractivity contribution in [1.29, 1.82) is 0 Å². The summed E-state index contributed by atoms with van der Waals surface area (Å²) in [4.78, 5) is 11.2.